The third kappa shape index (κ3) is 4.56. The average Bonchev–Trinajstić information content (AvgIpc) is 2.77. The van der Waals surface area contributed by atoms with E-state index in [0.29, 0.717) is 48.9 Å². The number of aliphatic carboxylic acids is 1. The van der Waals surface area contributed by atoms with Crippen LogP contribution in [0, 0.1) is 5.82 Å². The van der Waals surface area contributed by atoms with Crippen LogP contribution in [-0.2, 0) is 16.0 Å². The van der Waals surface area contributed by atoms with Gasteiger partial charge in [0.15, 0.2) is 17.1 Å². The Kier molecular flexibility index (Phi) is 6.34. The number of nitrogens with one attached hydrogen (secondary N) is 1. The van der Waals surface area contributed by atoms with Gasteiger partial charge in [-0.15, -0.1) is 0 Å². The predicted molar refractivity (Wildman–Crippen MR) is 120 cm³/mol. The Morgan fingerprint density at radius 3 is 2.75 bits per heavy atom. The van der Waals surface area contributed by atoms with E-state index in [1.165, 1.54) is 18.2 Å². The molecule has 1 atom stereocenters. The Bertz CT molecular complexity index is 1220. The van der Waals surface area contributed by atoms with Crippen LogP contribution in [0.5, 0.6) is 0 Å². The summed E-state index contributed by atoms with van der Waals surface area (Å²) >= 11 is 5.89. The van der Waals surface area contributed by atoms with Gasteiger partial charge < -0.3 is 24.5 Å². The van der Waals surface area contributed by atoms with Crippen molar-refractivity contribution in [2.45, 2.75) is 19.4 Å². The van der Waals surface area contributed by atoms with E-state index in [2.05, 4.69) is 5.32 Å². The quantitative estimate of drug-likeness (QED) is 0.569. The molecule has 3 aromatic rings. The highest BCUT2D eigenvalue weighted by Crippen LogP contribution is 2.32. The van der Waals surface area contributed by atoms with Crippen molar-refractivity contribution in [1.82, 2.24) is 0 Å². The van der Waals surface area contributed by atoms with Crippen LogP contribution in [0.2, 0.25) is 5.02 Å². The first kappa shape index (κ1) is 22.1. The molecule has 2 aromatic carbocycles. The average molecular weight is 461 g/mol. The molecule has 1 aliphatic heterocycles. The second-order valence-electron chi connectivity index (χ2n) is 7.65. The summed E-state index contributed by atoms with van der Waals surface area (Å²) in [4.78, 5) is 26.2. The third-order valence-corrected chi connectivity index (χ3v) is 5.66. The molecule has 1 fully saturated rings. The van der Waals surface area contributed by atoms with Crippen molar-refractivity contribution in [2.24, 2.45) is 0 Å². The number of halogens is 2. The van der Waals surface area contributed by atoms with Crippen molar-refractivity contribution in [3.05, 3.63) is 68.6 Å². The van der Waals surface area contributed by atoms with Crippen LogP contribution < -0.4 is 15.6 Å². The highest BCUT2D eigenvalue weighted by Gasteiger charge is 2.21. The number of anilines is 2. The minimum Gasteiger partial charge on any atom is -0.481 e. The van der Waals surface area contributed by atoms with Crippen LogP contribution in [0.15, 0.2) is 45.6 Å². The Labute approximate surface area is 188 Å². The molecule has 1 unspecified atom stereocenters. The van der Waals surface area contributed by atoms with Crippen molar-refractivity contribution in [2.75, 3.05) is 36.5 Å². The fourth-order valence-corrected chi connectivity index (χ4v) is 3.97. The van der Waals surface area contributed by atoms with Crippen molar-refractivity contribution < 1.29 is 23.4 Å². The van der Waals surface area contributed by atoms with Crippen LogP contribution >= 0.6 is 11.6 Å². The maximum Gasteiger partial charge on any atom is 0.307 e. The predicted octanol–water partition coefficient (Wildman–Crippen LogP) is 4.22. The summed E-state index contributed by atoms with van der Waals surface area (Å²) in [5, 5.41) is 12.6. The number of hydrogen-bond donors (Lipinski definition) is 2. The van der Waals surface area contributed by atoms with Gasteiger partial charge in [-0.3, -0.25) is 9.59 Å². The maximum atomic E-state index is 14.4. The molecule has 7 nitrogen and oxygen atoms in total. The number of carbonyl (C=O) groups is 1. The largest absolute Gasteiger partial charge is 0.481 e. The van der Waals surface area contributed by atoms with Crippen LogP contribution in [0.25, 0.3) is 11.0 Å². The van der Waals surface area contributed by atoms with Gasteiger partial charge in [-0.1, -0.05) is 17.7 Å². The molecule has 0 bridgehead atoms. The number of fused-ring (bicyclic) bond motifs is 1. The lowest BCUT2D eigenvalue weighted by atomic mass is 9.99. The van der Waals surface area contributed by atoms with Gasteiger partial charge in [-0.2, -0.15) is 0 Å². The Morgan fingerprint density at radius 2 is 2.03 bits per heavy atom. The van der Waals surface area contributed by atoms with Crippen molar-refractivity contribution in [1.29, 1.82) is 0 Å². The summed E-state index contributed by atoms with van der Waals surface area (Å²) in [7, 11) is 0. The third-order valence-electron chi connectivity index (χ3n) is 5.37. The summed E-state index contributed by atoms with van der Waals surface area (Å²) in [5.41, 5.74) is 1.24. The number of hydrogen-bond acceptors (Lipinski definition) is 6. The molecular formula is C23H22ClFN2O5. The Hall–Kier alpha value is -3.10. The molecule has 4 rings (SSSR count). The zero-order valence-corrected chi connectivity index (χ0v) is 18.1. The normalized spacial score (nSPS) is 15.0. The lowest BCUT2D eigenvalue weighted by molar-refractivity contribution is -0.136. The molecule has 0 saturated carbocycles. The fourth-order valence-electron chi connectivity index (χ4n) is 3.80. The van der Waals surface area contributed by atoms with E-state index in [0.717, 1.165) is 0 Å². The molecule has 2 N–H and O–H groups in total. The van der Waals surface area contributed by atoms with Crippen LogP contribution in [-0.4, -0.2) is 37.4 Å². The van der Waals surface area contributed by atoms with E-state index >= 15 is 0 Å². The number of rotatable bonds is 6. The first-order valence-electron chi connectivity index (χ1n) is 10.2. The van der Waals surface area contributed by atoms with Gasteiger partial charge in [0.25, 0.3) is 0 Å². The number of benzene rings is 2. The number of ether oxygens (including phenoxy) is 1. The first-order valence-corrected chi connectivity index (χ1v) is 10.6. The van der Waals surface area contributed by atoms with Crippen LogP contribution in [0.3, 0.4) is 0 Å². The summed E-state index contributed by atoms with van der Waals surface area (Å²) < 4.78 is 26.0. The molecule has 168 valence electrons. The zero-order valence-electron chi connectivity index (χ0n) is 17.4. The van der Waals surface area contributed by atoms with Gasteiger partial charge in [0.2, 0.25) is 0 Å². The highest BCUT2D eigenvalue weighted by molar-refractivity contribution is 6.31. The minimum atomic E-state index is -1.02. The minimum absolute atomic E-state index is 0.0205. The topological polar surface area (TPSA) is 92.0 Å². The number of morpholine rings is 1. The molecule has 2 heterocycles. The smallest absolute Gasteiger partial charge is 0.307 e. The lowest BCUT2D eigenvalue weighted by Crippen LogP contribution is -2.36. The molecule has 1 saturated heterocycles. The second kappa shape index (κ2) is 9.18. The van der Waals surface area contributed by atoms with E-state index in [1.807, 2.05) is 4.90 Å². The molecule has 0 spiro atoms. The van der Waals surface area contributed by atoms with Gasteiger partial charge >= 0.3 is 5.97 Å². The number of carboxylic acids is 1. The molecule has 1 aliphatic rings. The van der Waals surface area contributed by atoms with Crippen molar-refractivity contribution in [3.8, 4) is 0 Å². The molecule has 1 aromatic heterocycles. The van der Waals surface area contributed by atoms with Crippen molar-refractivity contribution >= 4 is 40.1 Å². The van der Waals surface area contributed by atoms with E-state index in [9.17, 15) is 19.1 Å². The monoisotopic (exact) mass is 460 g/mol. The first-order chi connectivity index (χ1) is 15.3. The Balaban J connectivity index is 1.83. The van der Waals surface area contributed by atoms with Crippen LogP contribution in [0.1, 0.15) is 24.1 Å². The van der Waals surface area contributed by atoms with Crippen LogP contribution in [0.4, 0.5) is 16.0 Å². The van der Waals surface area contributed by atoms with E-state index in [4.69, 9.17) is 20.8 Å². The molecular weight excluding hydrogens is 439 g/mol. The van der Waals surface area contributed by atoms with Gasteiger partial charge in [0, 0.05) is 24.7 Å². The van der Waals surface area contributed by atoms with Gasteiger partial charge in [0.1, 0.15) is 5.58 Å². The number of carboxylic acid groups (broad SMARTS) is 1. The summed E-state index contributed by atoms with van der Waals surface area (Å²) in [6.45, 7) is 4.00. The molecule has 0 amide bonds. The lowest BCUT2D eigenvalue weighted by Gasteiger charge is -2.27. The summed E-state index contributed by atoms with van der Waals surface area (Å²) in [6, 6.07) is 8.73. The molecule has 32 heavy (non-hydrogen) atoms. The van der Waals surface area contributed by atoms with Gasteiger partial charge in [-0.05, 0) is 36.8 Å². The Morgan fingerprint density at radius 1 is 1.28 bits per heavy atom. The van der Waals surface area contributed by atoms with E-state index in [1.54, 1.807) is 25.1 Å². The van der Waals surface area contributed by atoms with E-state index < -0.39 is 17.8 Å². The van der Waals surface area contributed by atoms with E-state index in [-0.39, 0.29) is 27.9 Å². The second-order valence-corrected chi connectivity index (χ2v) is 8.06. The highest BCUT2D eigenvalue weighted by atomic mass is 35.5. The maximum absolute atomic E-state index is 14.4. The summed E-state index contributed by atoms with van der Waals surface area (Å²) in [5.74, 6) is -1.20. The van der Waals surface area contributed by atoms with Gasteiger partial charge in [0.05, 0.1) is 41.8 Å². The fraction of sp³-hybridized carbons (Fsp3) is 0.304. The molecule has 0 radical (unpaired) electrons. The number of nitrogens with zero attached hydrogens (tertiary/aromatic N) is 1. The standard InChI is InChI=1S/C23H22ClFN2O5/c1-13(26-18-4-2-3-17(24)22(18)25)15-9-14(11-21(29)30)10-16-19(28)12-20(32-23(15)16)27-5-7-31-8-6-27/h2-4,9-10,12-13,26H,5-8,11H2,1H3,(H,29,30). The SMILES string of the molecule is CC(Nc1cccc(Cl)c1F)c1cc(CC(=O)O)cc2c(=O)cc(N3CCOCC3)oc12. The van der Waals surface area contributed by atoms with Gasteiger partial charge in [-0.25, -0.2) is 4.39 Å². The zero-order chi connectivity index (χ0) is 22.8. The molecule has 0 aliphatic carbocycles. The molecule has 9 heteroatoms. The van der Waals surface area contributed by atoms with Crippen molar-refractivity contribution in [3.63, 3.8) is 0 Å². The summed E-state index contributed by atoms with van der Waals surface area (Å²) in [6.07, 6.45) is -0.258.